The molecular formula is C15H24N2O3S. The number of ether oxygens (including phenoxy) is 1. The molecule has 2 rings (SSSR count). The summed E-state index contributed by atoms with van der Waals surface area (Å²) in [6, 6.07) is 6.87. The van der Waals surface area contributed by atoms with E-state index in [-0.39, 0.29) is 0 Å². The predicted molar refractivity (Wildman–Crippen MR) is 83.9 cm³/mol. The molecule has 0 bridgehead atoms. The summed E-state index contributed by atoms with van der Waals surface area (Å²) >= 11 is 0. The molecule has 5 nitrogen and oxygen atoms in total. The molecule has 1 saturated heterocycles. The van der Waals surface area contributed by atoms with Crippen molar-refractivity contribution in [2.24, 2.45) is 5.92 Å². The lowest BCUT2D eigenvalue weighted by atomic mass is 9.99. The minimum atomic E-state index is -3.37. The van der Waals surface area contributed by atoms with Crippen LogP contribution in [0.15, 0.2) is 29.2 Å². The maximum absolute atomic E-state index is 11.8. The Morgan fingerprint density at radius 1 is 1.24 bits per heavy atom. The van der Waals surface area contributed by atoms with Gasteiger partial charge in [0, 0.05) is 31.3 Å². The van der Waals surface area contributed by atoms with Gasteiger partial charge in [-0.3, -0.25) is 0 Å². The molecule has 1 aromatic rings. The molecule has 118 valence electrons. The fraction of sp³-hybridized carbons (Fsp3) is 0.600. The van der Waals surface area contributed by atoms with E-state index < -0.39 is 10.0 Å². The summed E-state index contributed by atoms with van der Waals surface area (Å²) in [5, 5.41) is 3.37. The van der Waals surface area contributed by atoms with Crippen LogP contribution in [0.1, 0.15) is 26.7 Å². The van der Waals surface area contributed by atoms with Gasteiger partial charge in [-0.05, 0) is 37.1 Å². The first-order valence-electron chi connectivity index (χ1n) is 7.52. The molecule has 0 aromatic heterocycles. The van der Waals surface area contributed by atoms with E-state index in [1.54, 1.807) is 31.2 Å². The summed E-state index contributed by atoms with van der Waals surface area (Å²) in [5.74, 6) is 0.528. The first-order valence-corrected chi connectivity index (χ1v) is 9.00. The van der Waals surface area contributed by atoms with Crippen LogP contribution in [0, 0.1) is 5.92 Å². The van der Waals surface area contributed by atoms with Crippen LogP contribution in [0.4, 0.5) is 5.69 Å². The van der Waals surface area contributed by atoms with E-state index in [4.69, 9.17) is 4.74 Å². The van der Waals surface area contributed by atoms with Crippen LogP contribution in [0.2, 0.25) is 0 Å². The molecule has 2 unspecified atom stereocenters. The minimum Gasteiger partial charge on any atom is -0.385 e. The number of hydrogen-bond donors (Lipinski definition) is 2. The van der Waals surface area contributed by atoms with Gasteiger partial charge in [-0.2, -0.15) is 0 Å². The van der Waals surface area contributed by atoms with Gasteiger partial charge in [0.1, 0.15) is 0 Å². The molecule has 0 spiro atoms. The fourth-order valence-electron chi connectivity index (χ4n) is 2.65. The van der Waals surface area contributed by atoms with Crippen molar-refractivity contribution in [3.8, 4) is 0 Å². The predicted octanol–water partition coefficient (Wildman–Crippen LogP) is 2.21. The molecule has 1 fully saturated rings. The number of nitrogens with one attached hydrogen (secondary N) is 2. The number of benzene rings is 1. The molecule has 0 radical (unpaired) electrons. The number of anilines is 1. The van der Waals surface area contributed by atoms with Crippen LogP contribution in [-0.4, -0.2) is 34.2 Å². The van der Waals surface area contributed by atoms with Crippen molar-refractivity contribution in [3.63, 3.8) is 0 Å². The molecule has 6 heteroatoms. The van der Waals surface area contributed by atoms with Crippen molar-refractivity contribution >= 4 is 15.7 Å². The first-order chi connectivity index (χ1) is 10.1. The molecule has 1 aliphatic rings. The third-order valence-electron chi connectivity index (χ3n) is 3.82. The molecule has 0 aliphatic carbocycles. The molecule has 1 aromatic carbocycles. The van der Waals surface area contributed by atoms with E-state index in [0.29, 0.717) is 23.5 Å². The Hall–Kier alpha value is -1.11. The van der Waals surface area contributed by atoms with Gasteiger partial charge in [0.2, 0.25) is 10.0 Å². The molecular weight excluding hydrogens is 288 g/mol. The second-order valence-corrected chi connectivity index (χ2v) is 7.04. The van der Waals surface area contributed by atoms with E-state index in [2.05, 4.69) is 17.0 Å². The standard InChI is InChI=1S/C15H24N2O3S/c1-3-15-12(9-10-20-15)11-16-13-5-7-14(8-6-13)21(18,19)17-4-2/h5-8,12,15-17H,3-4,9-11H2,1-2H3. The minimum absolute atomic E-state index is 0.297. The largest absolute Gasteiger partial charge is 0.385 e. The van der Waals surface area contributed by atoms with Gasteiger partial charge in [0.25, 0.3) is 0 Å². The van der Waals surface area contributed by atoms with E-state index in [0.717, 1.165) is 31.7 Å². The average Bonchev–Trinajstić information content (AvgIpc) is 2.93. The summed E-state index contributed by atoms with van der Waals surface area (Å²) in [5.41, 5.74) is 0.937. The molecule has 0 amide bonds. The molecule has 21 heavy (non-hydrogen) atoms. The van der Waals surface area contributed by atoms with Gasteiger partial charge in [0.05, 0.1) is 11.0 Å². The van der Waals surface area contributed by atoms with Gasteiger partial charge in [-0.25, -0.2) is 13.1 Å². The third-order valence-corrected chi connectivity index (χ3v) is 5.38. The Morgan fingerprint density at radius 2 is 1.95 bits per heavy atom. The average molecular weight is 312 g/mol. The third kappa shape index (κ3) is 4.18. The molecule has 2 N–H and O–H groups in total. The van der Waals surface area contributed by atoms with Crippen LogP contribution in [-0.2, 0) is 14.8 Å². The highest BCUT2D eigenvalue weighted by molar-refractivity contribution is 7.89. The van der Waals surface area contributed by atoms with Crippen LogP contribution in [0.25, 0.3) is 0 Å². The Balaban J connectivity index is 1.94. The highest BCUT2D eigenvalue weighted by Crippen LogP contribution is 2.24. The van der Waals surface area contributed by atoms with Crippen LogP contribution in [0.5, 0.6) is 0 Å². The second-order valence-electron chi connectivity index (χ2n) is 5.27. The highest BCUT2D eigenvalue weighted by atomic mass is 32.2. The van der Waals surface area contributed by atoms with Crippen LogP contribution < -0.4 is 10.0 Å². The normalized spacial score (nSPS) is 22.4. The topological polar surface area (TPSA) is 67.4 Å². The van der Waals surface area contributed by atoms with E-state index in [1.165, 1.54) is 0 Å². The fourth-order valence-corrected chi connectivity index (χ4v) is 3.69. The van der Waals surface area contributed by atoms with Crippen molar-refractivity contribution in [3.05, 3.63) is 24.3 Å². The maximum atomic E-state index is 11.8. The van der Waals surface area contributed by atoms with Crippen molar-refractivity contribution in [2.45, 2.75) is 37.7 Å². The summed E-state index contributed by atoms with van der Waals surface area (Å²) in [6.45, 7) is 6.00. The highest BCUT2D eigenvalue weighted by Gasteiger charge is 2.26. The zero-order valence-electron chi connectivity index (χ0n) is 12.6. The van der Waals surface area contributed by atoms with E-state index in [9.17, 15) is 8.42 Å². The molecule has 0 saturated carbocycles. The summed E-state index contributed by atoms with van der Waals surface area (Å²) in [4.78, 5) is 0.297. The van der Waals surface area contributed by atoms with Crippen molar-refractivity contribution in [1.29, 1.82) is 0 Å². The lowest BCUT2D eigenvalue weighted by molar-refractivity contribution is 0.0900. The van der Waals surface area contributed by atoms with Gasteiger partial charge in [-0.1, -0.05) is 13.8 Å². The number of sulfonamides is 1. The van der Waals surface area contributed by atoms with Crippen LogP contribution >= 0.6 is 0 Å². The van der Waals surface area contributed by atoms with Crippen molar-refractivity contribution in [2.75, 3.05) is 25.0 Å². The first kappa shape index (κ1) is 16.3. The number of rotatable bonds is 7. The Morgan fingerprint density at radius 3 is 2.57 bits per heavy atom. The van der Waals surface area contributed by atoms with Gasteiger partial charge < -0.3 is 10.1 Å². The van der Waals surface area contributed by atoms with Crippen molar-refractivity contribution in [1.82, 2.24) is 4.72 Å². The second kappa shape index (κ2) is 7.24. The van der Waals surface area contributed by atoms with Gasteiger partial charge in [0.15, 0.2) is 0 Å². The molecule has 1 heterocycles. The van der Waals surface area contributed by atoms with E-state index >= 15 is 0 Å². The summed E-state index contributed by atoms with van der Waals surface area (Å²) < 4.78 is 31.8. The van der Waals surface area contributed by atoms with Crippen molar-refractivity contribution < 1.29 is 13.2 Å². The van der Waals surface area contributed by atoms with E-state index in [1.807, 2.05) is 0 Å². The molecule has 1 aliphatic heterocycles. The Kier molecular flexibility index (Phi) is 5.61. The smallest absolute Gasteiger partial charge is 0.240 e. The Bertz CT molecular complexity index is 543. The maximum Gasteiger partial charge on any atom is 0.240 e. The van der Waals surface area contributed by atoms with Gasteiger partial charge >= 0.3 is 0 Å². The van der Waals surface area contributed by atoms with Gasteiger partial charge in [-0.15, -0.1) is 0 Å². The quantitative estimate of drug-likeness (QED) is 0.810. The lowest BCUT2D eigenvalue weighted by Crippen LogP contribution is -2.23. The summed E-state index contributed by atoms with van der Waals surface area (Å²) in [7, 11) is -3.37. The SMILES string of the molecule is CCNS(=O)(=O)c1ccc(NCC2CCOC2CC)cc1. The summed E-state index contributed by atoms with van der Waals surface area (Å²) in [6.07, 6.45) is 2.45. The zero-order valence-corrected chi connectivity index (χ0v) is 13.4. The number of hydrogen-bond acceptors (Lipinski definition) is 4. The monoisotopic (exact) mass is 312 g/mol. The lowest BCUT2D eigenvalue weighted by Gasteiger charge is -2.18. The Labute approximate surface area is 127 Å². The molecule has 2 atom stereocenters. The zero-order chi connectivity index (χ0) is 15.3. The van der Waals surface area contributed by atoms with Crippen LogP contribution in [0.3, 0.4) is 0 Å².